The number of hydrogen-bond acceptors (Lipinski definition) is 1. The number of halogens is 4. The number of hydrogen-bond donors (Lipinski definition) is 0. The summed E-state index contributed by atoms with van der Waals surface area (Å²) in [7, 11) is 0. The third-order valence-corrected chi connectivity index (χ3v) is 4.29. The molecule has 0 saturated heterocycles. The summed E-state index contributed by atoms with van der Waals surface area (Å²) < 4.78 is 0. The zero-order valence-electron chi connectivity index (χ0n) is 9.21. The van der Waals surface area contributed by atoms with Gasteiger partial charge in [0.2, 0.25) is 0 Å². The van der Waals surface area contributed by atoms with Gasteiger partial charge >= 0.3 is 0 Å². The number of alkyl halides is 1. The van der Waals surface area contributed by atoms with Gasteiger partial charge in [0.15, 0.2) is 0 Å². The molecule has 1 heterocycles. The molecule has 0 amide bonds. The van der Waals surface area contributed by atoms with Crippen molar-refractivity contribution < 1.29 is 0 Å². The second-order valence-electron chi connectivity index (χ2n) is 3.80. The Kier molecular flexibility index (Phi) is 4.91. The molecule has 0 N–H and O–H groups in total. The highest BCUT2D eigenvalue weighted by molar-refractivity contribution is 9.09. The molecular weight excluding hydrogens is 356 g/mol. The Hall–Kier alpha value is -0.280. The van der Waals surface area contributed by atoms with Crippen LogP contribution in [0.4, 0.5) is 0 Å². The molecule has 1 unspecified atom stereocenters. The quantitative estimate of drug-likeness (QED) is 0.634. The monoisotopic (exact) mass is 363 g/mol. The molecule has 0 aliphatic heterocycles. The average Bonchev–Trinajstić information content (AvgIpc) is 2.35. The van der Waals surface area contributed by atoms with Crippen molar-refractivity contribution in [1.82, 2.24) is 4.98 Å². The van der Waals surface area contributed by atoms with Gasteiger partial charge in [0.25, 0.3) is 0 Å². The molecule has 1 aromatic heterocycles. The first-order valence-electron chi connectivity index (χ1n) is 5.25. The minimum absolute atomic E-state index is 0.0589. The van der Waals surface area contributed by atoms with Crippen LogP contribution < -0.4 is 0 Å². The zero-order chi connectivity index (χ0) is 13.1. The average molecular weight is 365 g/mol. The molecule has 0 fully saturated rings. The van der Waals surface area contributed by atoms with Crippen molar-refractivity contribution in [2.75, 3.05) is 0 Å². The van der Waals surface area contributed by atoms with Crippen molar-refractivity contribution in [2.45, 2.75) is 11.2 Å². The number of rotatable bonds is 3. The van der Waals surface area contributed by atoms with E-state index in [0.29, 0.717) is 15.1 Å². The summed E-state index contributed by atoms with van der Waals surface area (Å²) in [5.41, 5.74) is 1.97. The van der Waals surface area contributed by atoms with E-state index in [2.05, 4.69) is 20.9 Å². The molecule has 0 aliphatic carbocycles. The van der Waals surface area contributed by atoms with Crippen molar-refractivity contribution in [3.05, 3.63) is 62.9 Å². The van der Waals surface area contributed by atoms with Gasteiger partial charge in [-0.3, -0.25) is 4.98 Å². The summed E-state index contributed by atoms with van der Waals surface area (Å²) in [4.78, 5) is 4.02. The van der Waals surface area contributed by atoms with Crippen molar-refractivity contribution in [3.63, 3.8) is 0 Å². The fraction of sp³-hybridized carbons (Fsp3) is 0.154. The van der Waals surface area contributed by atoms with E-state index in [1.165, 1.54) is 0 Å². The van der Waals surface area contributed by atoms with Crippen LogP contribution in [0.5, 0.6) is 0 Å². The summed E-state index contributed by atoms with van der Waals surface area (Å²) in [5, 5.41) is 2.01. The van der Waals surface area contributed by atoms with Crippen molar-refractivity contribution >= 4 is 50.7 Å². The van der Waals surface area contributed by atoms with Gasteiger partial charge in [-0.05, 0) is 41.8 Å². The first kappa shape index (κ1) is 14.1. The van der Waals surface area contributed by atoms with Crippen LogP contribution in [0.1, 0.15) is 16.0 Å². The van der Waals surface area contributed by atoms with Gasteiger partial charge in [-0.2, -0.15) is 0 Å². The van der Waals surface area contributed by atoms with Crippen LogP contribution in [0.15, 0.2) is 36.7 Å². The van der Waals surface area contributed by atoms with Crippen LogP contribution in [0.25, 0.3) is 0 Å². The topological polar surface area (TPSA) is 12.9 Å². The van der Waals surface area contributed by atoms with Gasteiger partial charge in [0, 0.05) is 27.3 Å². The molecule has 2 aromatic rings. The molecule has 1 aromatic carbocycles. The first-order valence-corrected chi connectivity index (χ1v) is 7.30. The number of benzene rings is 1. The Morgan fingerprint density at radius 3 is 2.61 bits per heavy atom. The van der Waals surface area contributed by atoms with Crippen LogP contribution in [-0.4, -0.2) is 4.98 Å². The lowest BCUT2D eigenvalue weighted by molar-refractivity contribution is 0.945. The van der Waals surface area contributed by atoms with Crippen molar-refractivity contribution in [2.24, 2.45) is 0 Å². The molecule has 0 aliphatic rings. The van der Waals surface area contributed by atoms with Gasteiger partial charge in [-0.1, -0.05) is 50.7 Å². The van der Waals surface area contributed by atoms with Crippen LogP contribution >= 0.6 is 50.7 Å². The number of pyridine rings is 1. The van der Waals surface area contributed by atoms with Crippen molar-refractivity contribution in [3.8, 4) is 0 Å². The highest BCUT2D eigenvalue weighted by Crippen LogP contribution is 2.35. The predicted octanol–water partition coefficient (Wildman–Crippen LogP) is 5.72. The summed E-state index contributed by atoms with van der Waals surface area (Å²) in [6.07, 6.45) is 4.08. The predicted molar refractivity (Wildman–Crippen MR) is 81.1 cm³/mol. The normalized spacial score (nSPS) is 12.4. The minimum atomic E-state index is 0.0589. The molecule has 1 atom stereocenters. The van der Waals surface area contributed by atoms with Gasteiger partial charge in [-0.15, -0.1) is 0 Å². The highest BCUT2D eigenvalue weighted by atomic mass is 79.9. The Labute approximate surface area is 129 Å². The first-order chi connectivity index (χ1) is 8.58. The largest absolute Gasteiger partial charge is 0.263 e. The second kappa shape index (κ2) is 6.25. The lowest BCUT2D eigenvalue weighted by atomic mass is 10.1. The Bertz CT molecular complexity index is 560. The third-order valence-electron chi connectivity index (χ3n) is 2.55. The van der Waals surface area contributed by atoms with Gasteiger partial charge in [0.1, 0.15) is 0 Å². The Morgan fingerprint density at radius 2 is 1.89 bits per heavy atom. The molecule has 0 bridgehead atoms. The number of aromatic nitrogens is 1. The number of nitrogens with zero attached hydrogens (tertiary/aromatic N) is 1. The van der Waals surface area contributed by atoms with Gasteiger partial charge in [0.05, 0.1) is 5.02 Å². The molecule has 2 rings (SSSR count). The van der Waals surface area contributed by atoms with Crippen LogP contribution in [-0.2, 0) is 6.42 Å². The van der Waals surface area contributed by atoms with E-state index in [4.69, 9.17) is 34.8 Å². The van der Waals surface area contributed by atoms with E-state index in [1.807, 2.05) is 12.1 Å². The molecule has 1 nitrogen and oxygen atoms in total. The van der Waals surface area contributed by atoms with E-state index in [1.54, 1.807) is 24.5 Å². The summed E-state index contributed by atoms with van der Waals surface area (Å²) >= 11 is 21.8. The summed E-state index contributed by atoms with van der Waals surface area (Å²) in [6.45, 7) is 0. The van der Waals surface area contributed by atoms with Gasteiger partial charge in [-0.25, -0.2) is 0 Å². The third kappa shape index (κ3) is 3.39. The van der Waals surface area contributed by atoms with E-state index in [9.17, 15) is 0 Å². The van der Waals surface area contributed by atoms with E-state index in [0.717, 1.165) is 17.5 Å². The molecule has 0 radical (unpaired) electrons. The maximum atomic E-state index is 6.16. The van der Waals surface area contributed by atoms with Crippen LogP contribution in [0.2, 0.25) is 15.1 Å². The van der Waals surface area contributed by atoms with Crippen LogP contribution in [0, 0.1) is 0 Å². The Morgan fingerprint density at radius 1 is 1.11 bits per heavy atom. The molecule has 94 valence electrons. The molecule has 0 saturated carbocycles. The molecule has 5 heteroatoms. The lowest BCUT2D eigenvalue weighted by Crippen LogP contribution is -1.97. The smallest absolute Gasteiger partial charge is 0.0621 e. The van der Waals surface area contributed by atoms with E-state index >= 15 is 0 Å². The van der Waals surface area contributed by atoms with Crippen LogP contribution in [0.3, 0.4) is 0 Å². The van der Waals surface area contributed by atoms with E-state index < -0.39 is 0 Å². The maximum Gasteiger partial charge on any atom is 0.0621 e. The summed E-state index contributed by atoms with van der Waals surface area (Å²) in [6, 6.07) is 7.32. The van der Waals surface area contributed by atoms with Crippen molar-refractivity contribution in [1.29, 1.82) is 0 Å². The zero-order valence-corrected chi connectivity index (χ0v) is 13.1. The second-order valence-corrected chi connectivity index (χ2v) is 6.16. The SMILES string of the molecule is Clc1ccc(Cl)c(C(Br)Cc2ccncc2Cl)c1. The Balaban J connectivity index is 2.25. The highest BCUT2D eigenvalue weighted by Gasteiger charge is 2.14. The minimum Gasteiger partial charge on any atom is -0.263 e. The van der Waals surface area contributed by atoms with Gasteiger partial charge < -0.3 is 0 Å². The van der Waals surface area contributed by atoms with E-state index in [-0.39, 0.29) is 4.83 Å². The molecular formula is C13H9BrCl3N. The summed E-state index contributed by atoms with van der Waals surface area (Å²) in [5.74, 6) is 0. The standard InChI is InChI=1S/C13H9BrCl3N/c14-11(5-8-3-4-18-7-13(8)17)10-6-9(15)1-2-12(10)16/h1-4,6-7,11H,5H2. The fourth-order valence-electron chi connectivity index (χ4n) is 1.63. The molecule has 0 spiro atoms. The maximum absolute atomic E-state index is 6.16. The lowest BCUT2D eigenvalue weighted by Gasteiger charge is -2.13. The fourth-order valence-corrected chi connectivity index (χ4v) is 3.11. The molecule has 18 heavy (non-hydrogen) atoms.